The molecule has 0 atom stereocenters. The molecule has 1 aromatic heterocycles. The molecular weight excluding hydrogens is 260 g/mol. The lowest BCUT2D eigenvalue weighted by Gasteiger charge is -2.14. The van der Waals surface area contributed by atoms with Crippen molar-refractivity contribution in [2.45, 2.75) is 40.7 Å². The summed E-state index contributed by atoms with van der Waals surface area (Å²) in [6, 6.07) is 8.27. The van der Waals surface area contributed by atoms with E-state index in [-0.39, 0.29) is 0 Å². The van der Waals surface area contributed by atoms with Crippen LogP contribution in [0.3, 0.4) is 0 Å². The maximum atomic E-state index is 6.00. The van der Waals surface area contributed by atoms with Crippen LogP contribution in [-0.4, -0.2) is 11.5 Å². The van der Waals surface area contributed by atoms with E-state index in [1.54, 1.807) is 0 Å². The number of nitrogens with zero attached hydrogens (tertiary/aromatic N) is 1. The molecule has 21 heavy (non-hydrogen) atoms. The number of aryl methyl sites for hydroxylation is 2. The van der Waals surface area contributed by atoms with Crippen LogP contribution in [-0.2, 0) is 6.61 Å². The van der Waals surface area contributed by atoms with E-state index in [0.717, 1.165) is 30.1 Å². The van der Waals surface area contributed by atoms with Crippen molar-refractivity contribution in [1.29, 1.82) is 0 Å². The second kappa shape index (κ2) is 7.11. The molecule has 0 aliphatic heterocycles. The summed E-state index contributed by atoms with van der Waals surface area (Å²) in [7, 11) is 0. The summed E-state index contributed by atoms with van der Waals surface area (Å²) in [4.78, 5) is 4.38. The molecule has 112 valence electrons. The topological polar surface area (TPSA) is 34.2 Å². The molecule has 0 aliphatic rings. The van der Waals surface area contributed by atoms with Crippen molar-refractivity contribution in [3.8, 4) is 5.75 Å². The number of hydrogen-bond donors (Lipinski definition) is 1. The summed E-state index contributed by atoms with van der Waals surface area (Å²) in [6.07, 6.45) is 2.93. The zero-order valence-electron chi connectivity index (χ0n) is 13.4. The van der Waals surface area contributed by atoms with Crippen molar-refractivity contribution in [1.82, 2.24) is 4.98 Å². The SMILES string of the molecule is CCCNc1ccnc(COc2c(C)ccc(C)c2C)c1. The van der Waals surface area contributed by atoms with E-state index in [2.05, 4.69) is 56.2 Å². The first kappa shape index (κ1) is 15.4. The predicted molar refractivity (Wildman–Crippen MR) is 88.0 cm³/mol. The van der Waals surface area contributed by atoms with Crippen molar-refractivity contribution in [3.05, 3.63) is 52.8 Å². The van der Waals surface area contributed by atoms with Crippen LogP contribution in [0.25, 0.3) is 0 Å². The third-order valence-electron chi connectivity index (χ3n) is 3.63. The van der Waals surface area contributed by atoms with E-state index in [0.29, 0.717) is 6.61 Å². The van der Waals surface area contributed by atoms with Crippen molar-refractivity contribution < 1.29 is 4.74 Å². The number of ether oxygens (including phenoxy) is 1. The molecule has 3 heteroatoms. The molecule has 2 aromatic rings. The fourth-order valence-electron chi connectivity index (χ4n) is 2.23. The third-order valence-corrected chi connectivity index (χ3v) is 3.63. The van der Waals surface area contributed by atoms with E-state index in [1.165, 1.54) is 16.7 Å². The van der Waals surface area contributed by atoms with Crippen LogP contribution in [0.1, 0.15) is 35.7 Å². The van der Waals surface area contributed by atoms with Gasteiger partial charge in [0.15, 0.2) is 0 Å². The molecule has 0 amide bonds. The Morgan fingerprint density at radius 3 is 2.62 bits per heavy atom. The lowest BCUT2D eigenvalue weighted by atomic mass is 10.1. The Kier molecular flexibility index (Phi) is 5.20. The first-order chi connectivity index (χ1) is 10.1. The molecule has 0 fully saturated rings. The summed E-state index contributed by atoms with van der Waals surface area (Å²) in [5.74, 6) is 0.976. The quantitative estimate of drug-likeness (QED) is 0.853. The van der Waals surface area contributed by atoms with E-state index in [4.69, 9.17) is 4.74 Å². The molecule has 0 radical (unpaired) electrons. The predicted octanol–water partition coefficient (Wildman–Crippen LogP) is 4.41. The molecule has 0 unspecified atom stereocenters. The van der Waals surface area contributed by atoms with Crippen LogP contribution in [0.15, 0.2) is 30.5 Å². The van der Waals surface area contributed by atoms with Crippen LogP contribution in [0.4, 0.5) is 5.69 Å². The van der Waals surface area contributed by atoms with Gasteiger partial charge in [-0.05, 0) is 56.0 Å². The Morgan fingerprint density at radius 2 is 1.86 bits per heavy atom. The van der Waals surface area contributed by atoms with Crippen LogP contribution in [0.2, 0.25) is 0 Å². The summed E-state index contributed by atoms with van der Waals surface area (Å²) in [6.45, 7) is 9.91. The number of rotatable bonds is 6. The lowest BCUT2D eigenvalue weighted by Crippen LogP contribution is -2.04. The maximum Gasteiger partial charge on any atom is 0.130 e. The minimum atomic E-state index is 0.493. The molecule has 0 bridgehead atoms. The van der Waals surface area contributed by atoms with E-state index >= 15 is 0 Å². The van der Waals surface area contributed by atoms with Gasteiger partial charge < -0.3 is 10.1 Å². The second-order valence-electron chi connectivity index (χ2n) is 5.40. The minimum absolute atomic E-state index is 0.493. The monoisotopic (exact) mass is 284 g/mol. The molecule has 0 saturated heterocycles. The van der Waals surface area contributed by atoms with Crippen molar-refractivity contribution >= 4 is 5.69 Å². The van der Waals surface area contributed by atoms with Gasteiger partial charge in [0.05, 0.1) is 5.69 Å². The zero-order valence-corrected chi connectivity index (χ0v) is 13.4. The lowest BCUT2D eigenvalue weighted by molar-refractivity contribution is 0.297. The van der Waals surface area contributed by atoms with Gasteiger partial charge in [0, 0.05) is 18.4 Å². The van der Waals surface area contributed by atoms with E-state index in [1.807, 2.05) is 12.3 Å². The Balaban J connectivity index is 2.08. The molecular formula is C18H24N2O. The van der Waals surface area contributed by atoms with Crippen molar-refractivity contribution in [2.75, 3.05) is 11.9 Å². The number of nitrogens with one attached hydrogen (secondary N) is 1. The number of aromatic nitrogens is 1. The smallest absolute Gasteiger partial charge is 0.130 e. The number of hydrogen-bond acceptors (Lipinski definition) is 3. The number of benzene rings is 1. The molecule has 0 saturated carbocycles. The van der Waals surface area contributed by atoms with E-state index < -0.39 is 0 Å². The average Bonchev–Trinajstić information content (AvgIpc) is 2.49. The van der Waals surface area contributed by atoms with Gasteiger partial charge in [-0.25, -0.2) is 0 Å². The fourth-order valence-corrected chi connectivity index (χ4v) is 2.23. The van der Waals surface area contributed by atoms with Crippen molar-refractivity contribution in [3.63, 3.8) is 0 Å². The summed E-state index contributed by atoms with van der Waals surface area (Å²) < 4.78 is 6.00. The highest BCUT2D eigenvalue weighted by atomic mass is 16.5. The number of anilines is 1. The standard InChI is InChI=1S/C18H24N2O/c1-5-9-19-16-8-10-20-17(11-16)12-21-18-14(3)7-6-13(2)15(18)4/h6-8,10-11H,5,9,12H2,1-4H3,(H,19,20). The molecule has 1 aromatic carbocycles. The van der Waals surface area contributed by atoms with Crippen LogP contribution in [0.5, 0.6) is 5.75 Å². The van der Waals surface area contributed by atoms with Crippen molar-refractivity contribution in [2.24, 2.45) is 0 Å². The molecule has 0 spiro atoms. The van der Waals surface area contributed by atoms with Crippen LogP contribution in [0, 0.1) is 20.8 Å². The Morgan fingerprint density at radius 1 is 1.10 bits per heavy atom. The second-order valence-corrected chi connectivity index (χ2v) is 5.40. The summed E-state index contributed by atoms with van der Waals surface area (Å²) in [5.41, 5.74) is 5.66. The van der Waals surface area contributed by atoms with Crippen LogP contribution >= 0.6 is 0 Å². The van der Waals surface area contributed by atoms with Gasteiger partial charge in [0.25, 0.3) is 0 Å². The molecule has 3 nitrogen and oxygen atoms in total. The Hall–Kier alpha value is -2.03. The molecule has 1 heterocycles. The van der Waals surface area contributed by atoms with Gasteiger partial charge in [0.2, 0.25) is 0 Å². The Bertz CT molecular complexity index is 608. The molecule has 0 aliphatic carbocycles. The normalized spacial score (nSPS) is 10.5. The minimum Gasteiger partial charge on any atom is -0.487 e. The highest BCUT2D eigenvalue weighted by molar-refractivity contribution is 5.45. The van der Waals surface area contributed by atoms with Crippen LogP contribution < -0.4 is 10.1 Å². The van der Waals surface area contributed by atoms with Gasteiger partial charge in [0.1, 0.15) is 12.4 Å². The van der Waals surface area contributed by atoms with Gasteiger partial charge >= 0.3 is 0 Å². The summed E-state index contributed by atoms with van der Waals surface area (Å²) in [5, 5.41) is 3.37. The average molecular weight is 284 g/mol. The number of pyridine rings is 1. The Labute approximate surface area is 127 Å². The van der Waals surface area contributed by atoms with Gasteiger partial charge in [-0.2, -0.15) is 0 Å². The first-order valence-electron chi connectivity index (χ1n) is 7.50. The zero-order chi connectivity index (χ0) is 15.2. The highest BCUT2D eigenvalue weighted by Gasteiger charge is 2.07. The summed E-state index contributed by atoms with van der Waals surface area (Å²) >= 11 is 0. The first-order valence-corrected chi connectivity index (χ1v) is 7.50. The third kappa shape index (κ3) is 3.97. The highest BCUT2D eigenvalue weighted by Crippen LogP contribution is 2.26. The van der Waals surface area contributed by atoms with Gasteiger partial charge in [-0.3, -0.25) is 4.98 Å². The van der Waals surface area contributed by atoms with E-state index in [9.17, 15) is 0 Å². The molecule has 2 rings (SSSR count). The molecule has 1 N–H and O–H groups in total. The van der Waals surface area contributed by atoms with Gasteiger partial charge in [-0.15, -0.1) is 0 Å². The largest absolute Gasteiger partial charge is 0.487 e. The van der Waals surface area contributed by atoms with Gasteiger partial charge in [-0.1, -0.05) is 19.1 Å². The maximum absolute atomic E-state index is 6.00. The fraction of sp³-hybridized carbons (Fsp3) is 0.389.